The molecule has 2 heterocycles. The van der Waals surface area contributed by atoms with Crippen LogP contribution >= 0.6 is 23.1 Å². The van der Waals surface area contributed by atoms with Crippen molar-refractivity contribution in [3.05, 3.63) is 64.0 Å². The number of carbonyl (C=O) groups excluding carboxylic acids is 1. The highest BCUT2D eigenvalue weighted by Crippen LogP contribution is 2.27. The minimum Gasteiger partial charge on any atom is -0.333 e. The molecular weight excluding hydrogens is 410 g/mol. The minimum atomic E-state index is -0.446. The monoisotopic (exact) mass is 425 g/mol. The molecule has 2 aromatic heterocycles. The van der Waals surface area contributed by atoms with Crippen molar-refractivity contribution in [2.45, 2.75) is 11.6 Å². The number of fused-ring (bicyclic) bond motifs is 1. The predicted molar refractivity (Wildman–Crippen MR) is 114 cm³/mol. The number of hydrogen-bond donors (Lipinski definition) is 2. The molecule has 0 aliphatic carbocycles. The fraction of sp³-hybridized carbons (Fsp3) is 0.105. The molecule has 4 aromatic rings. The van der Waals surface area contributed by atoms with Gasteiger partial charge in [-0.15, -0.1) is 11.3 Å². The summed E-state index contributed by atoms with van der Waals surface area (Å²) in [6, 6.07) is 14.0. The largest absolute Gasteiger partial charge is 0.333 e. The van der Waals surface area contributed by atoms with Crippen molar-refractivity contribution in [3.8, 4) is 11.3 Å². The van der Waals surface area contributed by atoms with Crippen LogP contribution in [0.2, 0.25) is 0 Å². The van der Waals surface area contributed by atoms with Gasteiger partial charge < -0.3 is 10.3 Å². The Bertz CT molecular complexity index is 1150. The number of benzene rings is 2. The van der Waals surface area contributed by atoms with Gasteiger partial charge in [-0.25, -0.2) is 9.97 Å². The Hall–Kier alpha value is -3.24. The van der Waals surface area contributed by atoms with Gasteiger partial charge in [0.2, 0.25) is 5.91 Å². The molecule has 4 rings (SSSR count). The zero-order chi connectivity index (χ0) is 20.2. The van der Waals surface area contributed by atoms with Crippen LogP contribution in [0.5, 0.6) is 0 Å². The lowest BCUT2D eigenvalue weighted by atomic mass is 10.1. The first kappa shape index (κ1) is 19.1. The highest BCUT2D eigenvalue weighted by molar-refractivity contribution is 7.99. The number of anilines is 1. The lowest BCUT2D eigenvalue weighted by molar-refractivity contribution is -0.384. The van der Waals surface area contributed by atoms with Crippen LogP contribution in [0.15, 0.2) is 59.1 Å². The number of nitrogens with one attached hydrogen (secondary N) is 2. The number of nitrogens with zero attached hydrogens (tertiary/aromatic N) is 3. The van der Waals surface area contributed by atoms with Crippen LogP contribution in [-0.2, 0) is 4.79 Å². The van der Waals surface area contributed by atoms with Gasteiger partial charge in [0.05, 0.1) is 21.7 Å². The van der Waals surface area contributed by atoms with E-state index in [4.69, 9.17) is 0 Å². The molecule has 2 aromatic carbocycles. The van der Waals surface area contributed by atoms with Gasteiger partial charge in [0.15, 0.2) is 10.3 Å². The number of aromatic nitrogens is 3. The molecule has 0 radical (unpaired) electrons. The highest BCUT2D eigenvalue weighted by Gasteiger charge is 2.12. The molecular formula is C19H15N5O3S2. The number of H-pyrrole nitrogens is 1. The third-order valence-electron chi connectivity index (χ3n) is 4.04. The maximum atomic E-state index is 12.2. The third-order valence-corrected chi connectivity index (χ3v) is 5.67. The van der Waals surface area contributed by atoms with Crippen LogP contribution < -0.4 is 5.32 Å². The zero-order valence-corrected chi connectivity index (χ0v) is 16.6. The number of hydrogen-bond acceptors (Lipinski definition) is 7. The van der Waals surface area contributed by atoms with Crippen molar-refractivity contribution in [1.29, 1.82) is 0 Å². The standard InChI is InChI=1S/C19H15N5O3S2/c25-17(8-9-28-18-20-14-6-1-2-7-15(14)21-18)23-19-22-16(11-29-19)12-4-3-5-13(10-12)24(26)27/h1-7,10-11H,8-9H2,(H,20,21)(H,22,23,25). The maximum Gasteiger partial charge on any atom is 0.270 e. The first-order chi connectivity index (χ1) is 14.1. The quantitative estimate of drug-likeness (QED) is 0.252. The Morgan fingerprint density at radius 1 is 1.21 bits per heavy atom. The number of thioether (sulfide) groups is 1. The Morgan fingerprint density at radius 2 is 2.07 bits per heavy atom. The number of imidazole rings is 1. The van der Waals surface area contributed by atoms with E-state index in [9.17, 15) is 14.9 Å². The minimum absolute atomic E-state index is 0.00342. The van der Waals surface area contributed by atoms with Crippen molar-refractivity contribution in [2.24, 2.45) is 0 Å². The number of carbonyl (C=O) groups is 1. The van der Waals surface area contributed by atoms with E-state index in [-0.39, 0.29) is 11.6 Å². The van der Waals surface area contributed by atoms with Gasteiger partial charge in [0.1, 0.15) is 0 Å². The molecule has 10 heteroatoms. The van der Waals surface area contributed by atoms with Crippen molar-refractivity contribution < 1.29 is 9.72 Å². The molecule has 0 aliphatic heterocycles. The van der Waals surface area contributed by atoms with Gasteiger partial charge in [-0.2, -0.15) is 0 Å². The van der Waals surface area contributed by atoms with Crippen LogP contribution in [0, 0.1) is 10.1 Å². The molecule has 0 aliphatic rings. The van der Waals surface area contributed by atoms with Gasteiger partial charge >= 0.3 is 0 Å². The molecule has 0 bridgehead atoms. The van der Waals surface area contributed by atoms with E-state index >= 15 is 0 Å². The van der Waals surface area contributed by atoms with Gasteiger partial charge in [-0.05, 0) is 12.1 Å². The van der Waals surface area contributed by atoms with Crippen molar-refractivity contribution in [2.75, 3.05) is 11.1 Å². The van der Waals surface area contributed by atoms with E-state index in [0.717, 1.165) is 16.2 Å². The van der Waals surface area contributed by atoms with E-state index in [1.807, 2.05) is 24.3 Å². The maximum absolute atomic E-state index is 12.2. The summed E-state index contributed by atoms with van der Waals surface area (Å²) in [5, 5.41) is 16.7. The summed E-state index contributed by atoms with van der Waals surface area (Å²) in [4.78, 5) is 34.7. The number of para-hydroxylation sites is 2. The third kappa shape index (κ3) is 4.61. The lowest BCUT2D eigenvalue weighted by Gasteiger charge is -2.01. The highest BCUT2D eigenvalue weighted by atomic mass is 32.2. The van der Waals surface area contributed by atoms with Crippen LogP contribution in [0.4, 0.5) is 10.8 Å². The van der Waals surface area contributed by atoms with Crippen LogP contribution in [0.25, 0.3) is 22.3 Å². The SMILES string of the molecule is O=C(CCSc1nc2ccccc2[nH]1)Nc1nc(-c2cccc([N+](=O)[O-])c2)cs1. The molecule has 0 saturated carbocycles. The lowest BCUT2D eigenvalue weighted by Crippen LogP contribution is -2.12. The summed E-state index contributed by atoms with van der Waals surface area (Å²) < 4.78 is 0. The van der Waals surface area contributed by atoms with Gasteiger partial charge in [0.25, 0.3) is 5.69 Å². The molecule has 8 nitrogen and oxygen atoms in total. The Kier molecular flexibility index (Phi) is 5.54. The van der Waals surface area contributed by atoms with E-state index in [1.54, 1.807) is 17.5 Å². The van der Waals surface area contributed by atoms with E-state index in [2.05, 4.69) is 20.3 Å². The summed E-state index contributed by atoms with van der Waals surface area (Å²) in [6.45, 7) is 0. The smallest absolute Gasteiger partial charge is 0.270 e. The fourth-order valence-electron chi connectivity index (χ4n) is 2.66. The van der Waals surface area contributed by atoms with Gasteiger partial charge in [-0.1, -0.05) is 36.0 Å². The number of non-ortho nitro benzene ring substituents is 1. The molecule has 29 heavy (non-hydrogen) atoms. The Morgan fingerprint density at radius 3 is 2.90 bits per heavy atom. The van der Waals surface area contributed by atoms with Crippen LogP contribution in [-0.4, -0.2) is 31.5 Å². The second-order valence-corrected chi connectivity index (χ2v) is 7.99. The number of amides is 1. The summed E-state index contributed by atoms with van der Waals surface area (Å²) in [6.07, 6.45) is 0.313. The van der Waals surface area contributed by atoms with E-state index in [1.165, 1.54) is 35.2 Å². The average molecular weight is 425 g/mol. The number of thiazole rings is 1. The van der Waals surface area contributed by atoms with Crippen molar-refractivity contribution >= 4 is 50.9 Å². The normalized spacial score (nSPS) is 10.9. The second-order valence-electron chi connectivity index (χ2n) is 6.05. The van der Waals surface area contributed by atoms with Gasteiger partial charge in [0, 0.05) is 35.2 Å². The predicted octanol–water partition coefficient (Wildman–Crippen LogP) is 4.72. The molecule has 1 amide bonds. The zero-order valence-electron chi connectivity index (χ0n) is 15.0. The summed E-state index contributed by atoms with van der Waals surface area (Å²) in [7, 11) is 0. The molecule has 0 saturated heterocycles. The first-order valence-corrected chi connectivity index (χ1v) is 10.5. The topological polar surface area (TPSA) is 114 Å². The number of rotatable bonds is 7. The molecule has 0 atom stereocenters. The molecule has 0 fully saturated rings. The van der Waals surface area contributed by atoms with E-state index < -0.39 is 4.92 Å². The average Bonchev–Trinajstić information content (AvgIpc) is 3.34. The van der Waals surface area contributed by atoms with Crippen molar-refractivity contribution in [3.63, 3.8) is 0 Å². The molecule has 2 N–H and O–H groups in total. The Labute approximate surface area is 173 Å². The second kappa shape index (κ2) is 8.41. The van der Waals surface area contributed by atoms with Gasteiger partial charge in [-0.3, -0.25) is 14.9 Å². The van der Waals surface area contributed by atoms with Crippen LogP contribution in [0.1, 0.15) is 6.42 Å². The summed E-state index contributed by atoms with van der Waals surface area (Å²) >= 11 is 2.76. The molecule has 0 spiro atoms. The number of nitro groups is 1. The molecule has 146 valence electrons. The van der Waals surface area contributed by atoms with E-state index in [0.29, 0.717) is 28.6 Å². The Balaban J connectivity index is 1.32. The fourth-order valence-corrected chi connectivity index (χ4v) is 4.22. The first-order valence-electron chi connectivity index (χ1n) is 8.66. The van der Waals surface area contributed by atoms with Crippen LogP contribution in [0.3, 0.4) is 0 Å². The molecule has 0 unspecified atom stereocenters. The number of aromatic amines is 1. The van der Waals surface area contributed by atoms with Crippen molar-refractivity contribution in [1.82, 2.24) is 15.0 Å². The summed E-state index contributed by atoms with van der Waals surface area (Å²) in [5.41, 5.74) is 3.09. The number of nitro benzene ring substituents is 1. The summed E-state index contributed by atoms with van der Waals surface area (Å²) in [5.74, 6) is 0.433.